The van der Waals surface area contributed by atoms with Gasteiger partial charge in [0.2, 0.25) is 0 Å². The van der Waals surface area contributed by atoms with E-state index in [0.29, 0.717) is 5.92 Å². The summed E-state index contributed by atoms with van der Waals surface area (Å²) in [5.41, 5.74) is 0.115. The van der Waals surface area contributed by atoms with E-state index < -0.39 is 0 Å². The zero-order chi connectivity index (χ0) is 9.03. The quantitative estimate of drug-likeness (QED) is 0.626. The lowest BCUT2D eigenvalue weighted by Gasteiger charge is -2.34. The number of hydrogen-bond acceptors (Lipinski definition) is 1. The summed E-state index contributed by atoms with van der Waals surface area (Å²) in [6, 6.07) is 0. The molecule has 0 aromatic rings. The molecule has 0 amide bonds. The molecule has 0 saturated heterocycles. The SMILES string of the molecule is CCCCC1(C)CC(C)C=CO1. The molecule has 0 aliphatic carbocycles. The molecule has 0 spiro atoms. The summed E-state index contributed by atoms with van der Waals surface area (Å²) in [5, 5.41) is 0. The van der Waals surface area contributed by atoms with Crippen molar-refractivity contribution in [1.29, 1.82) is 0 Å². The molecule has 0 N–H and O–H groups in total. The maximum atomic E-state index is 5.66. The Morgan fingerprint density at radius 2 is 2.33 bits per heavy atom. The van der Waals surface area contributed by atoms with Crippen LogP contribution in [0.2, 0.25) is 0 Å². The second-order valence-electron chi connectivity index (χ2n) is 4.18. The summed E-state index contributed by atoms with van der Waals surface area (Å²) in [4.78, 5) is 0. The Morgan fingerprint density at radius 3 is 2.92 bits per heavy atom. The first-order chi connectivity index (χ1) is 5.66. The smallest absolute Gasteiger partial charge is 0.106 e. The van der Waals surface area contributed by atoms with Gasteiger partial charge in [0.1, 0.15) is 5.60 Å². The molecule has 1 heteroatoms. The Hall–Kier alpha value is -0.460. The summed E-state index contributed by atoms with van der Waals surface area (Å²) in [6.45, 7) is 6.71. The highest BCUT2D eigenvalue weighted by atomic mass is 16.5. The van der Waals surface area contributed by atoms with Crippen LogP contribution in [0.5, 0.6) is 0 Å². The molecule has 2 unspecified atom stereocenters. The topological polar surface area (TPSA) is 9.23 Å². The Morgan fingerprint density at radius 1 is 1.58 bits per heavy atom. The average Bonchev–Trinajstić information content (AvgIpc) is 2.01. The third-order valence-electron chi connectivity index (χ3n) is 2.57. The normalized spacial score (nSPS) is 34.8. The Labute approximate surface area is 75.8 Å². The van der Waals surface area contributed by atoms with Gasteiger partial charge in [-0.25, -0.2) is 0 Å². The molecule has 1 heterocycles. The molecule has 0 fully saturated rings. The highest BCUT2D eigenvalue weighted by molar-refractivity contribution is 4.93. The van der Waals surface area contributed by atoms with E-state index in [1.807, 2.05) is 6.26 Å². The zero-order valence-corrected chi connectivity index (χ0v) is 8.47. The molecular formula is C11H20O. The van der Waals surface area contributed by atoms with Gasteiger partial charge >= 0.3 is 0 Å². The molecular weight excluding hydrogens is 148 g/mol. The van der Waals surface area contributed by atoms with E-state index in [4.69, 9.17) is 4.74 Å². The van der Waals surface area contributed by atoms with Gasteiger partial charge in [0.05, 0.1) is 6.26 Å². The monoisotopic (exact) mass is 168 g/mol. The molecule has 0 saturated carbocycles. The third-order valence-corrected chi connectivity index (χ3v) is 2.57. The second kappa shape index (κ2) is 3.97. The first kappa shape index (κ1) is 9.63. The minimum absolute atomic E-state index is 0.115. The first-order valence-electron chi connectivity index (χ1n) is 5.01. The van der Waals surface area contributed by atoms with E-state index in [2.05, 4.69) is 26.8 Å². The van der Waals surface area contributed by atoms with E-state index in [1.54, 1.807) is 0 Å². The van der Waals surface area contributed by atoms with Gasteiger partial charge in [0.25, 0.3) is 0 Å². The lowest BCUT2D eigenvalue weighted by molar-refractivity contribution is 0.000382. The largest absolute Gasteiger partial charge is 0.495 e. The predicted octanol–water partition coefficient (Wildman–Crippen LogP) is 3.51. The highest BCUT2D eigenvalue weighted by Gasteiger charge is 2.28. The Balaban J connectivity index is 2.43. The van der Waals surface area contributed by atoms with Gasteiger partial charge in [-0.05, 0) is 38.2 Å². The van der Waals surface area contributed by atoms with Gasteiger partial charge in [0.15, 0.2) is 0 Å². The van der Waals surface area contributed by atoms with Crippen molar-refractivity contribution < 1.29 is 4.74 Å². The average molecular weight is 168 g/mol. The maximum Gasteiger partial charge on any atom is 0.106 e. The molecule has 1 nitrogen and oxygen atoms in total. The summed E-state index contributed by atoms with van der Waals surface area (Å²) in [6.07, 6.45) is 8.92. The fraction of sp³-hybridized carbons (Fsp3) is 0.818. The lowest BCUT2D eigenvalue weighted by atomic mass is 9.87. The van der Waals surface area contributed by atoms with Crippen molar-refractivity contribution >= 4 is 0 Å². The number of unbranched alkanes of at least 4 members (excludes halogenated alkanes) is 1. The van der Waals surface area contributed by atoms with Crippen LogP contribution in [0.15, 0.2) is 12.3 Å². The first-order valence-corrected chi connectivity index (χ1v) is 5.01. The van der Waals surface area contributed by atoms with Crippen LogP contribution < -0.4 is 0 Å². The zero-order valence-electron chi connectivity index (χ0n) is 8.47. The predicted molar refractivity (Wildman–Crippen MR) is 51.9 cm³/mol. The van der Waals surface area contributed by atoms with Crippen molar-refractivity contribution in [1.82, 2.24) is 0 Å². The molecule has 0 radical (unpaired) electrons. The van der Waals surface area contributed by atoms with E-state index in [1.165, 1.54) is 25.7 Å². The molecule has 0 bridgehead atoms. The molecule has 0 aromatic carbocycles. The molecule has 1 rings (SSSR count). The van der Waals surface area contributed by atoms with Gasteiger partial charge in [-0.15, -0.1) is 0 Å². The van der Waals surface area contributed by atoms with Crippen molar-refractivity contribution in [2.75, 3.05) is 0 Å². The van der Waals surface area contributed by atoms with Crippen molar-refractivity contribution in [2.45, 2.75) is 52.1 Å². The number of ether oxygens (including phenoxy) is 1. The summed E-state index contributed by atoms with van der Waals surface area (Å²) in [7, 11) is 0. The van der Waals surface area contributed by atoms with Crippen LogP contribution in [0.25, 0.3) is 0 Å². The van der Waals surface area contributed by atoms with Crippen LogP contribution in [0.1, 0.15) is 46.5 Å². The van der Waals surface area contributed by atoms with Crippen LogP contribution in [-0.4, -0.2) is 5.60 Å². The molecule has 2 atom stereocenters. The van der Waals surface area contributed by atoms with Crippen molar-refractivity contribution in [3.63, 3.8) is 0 Å². The van der Waals surface area contributed by atoms with E-state index in [-0.39, 0.29) is 5.60 Å². The number of rotatable bonds is 3. The standard InChI is InChI=1S/C11H20O/c1-4-5-7-11(3)9-10(2)6-8-12-11/h6,8,10H,4-5,7,9H2,1-3H3. The van der Waals surface area contributed by atoms with Gasteiger partial charge in [0, 0.05) is 0 Å². The van der Waals surface area contributed by atoms with Crippen LogP contribution in [0.4, 0.5) is 0 Å². The number of allylic oxidation sites excluding steroid dienone is 1. The van der Waals surface area contributed by atoms with Crippen molar-refractivity contribution in [2.24, 2.45) is 5.92 Å². The molecule has 1 aliphatic rings. The molecule has 12 heavy (non-hydrogen) atoms. The van der Waals surface area contributed by atoms with E-state index in [0.717, 1.165) is 0 Å². The van der Waals surface area contributed by atoms with Crippen LogP contribution in [0.3, 0.4) is 0 Å². The van der Waals surface area contributed by atoms with E-state index in [9.17, 15) is 0 Å². The summed E-state index contributed by atoms with van der Waals surface area (Å²) in [5.74, 6) is 0.681. The lowest BCUT2D eigenvalue weighted by Crippen LogP contribution is -2.31. The molecule has 0 aromatic heterocycles. The van der Waals surface area contributed by atoms with Gasteiger partial charge < -0.3 is 4.74 Å². The van der Waals surface area contributed by atoms with Crippen LogP contribution in [0, 0.1) is 5.92 Å². The summed E-state index contributed by atoms with van der Waals surface area (Å²) < 4.78 is 5.66. The van der Waals surface area contributed by atoms with Crippen molar-refractivity contribution in [3.05, 3.63) is 12.3 Å². The minimum atomic E-state index is 0.115. The Bertz CT molecular complexity index is 162. The minimum Gasteiger partial charge on any atom is -0.495 e. The summed E-state index contributed by atoms with van der Waals surface area (Å²) >= 11 is 0. The third kappa shape index (κ3) is 2.54. The van der Waals surface area contributed by atoms with Crippen LogP contribution in [-0.2, 0) is 4.74 Å². The highest BCUT2D eigenvalue weighted by Crippen LogP contribution is 2.31. The fourth-order valence-electron chi connectivity index (χ4n) is 1.85. The Kier molecular flexibility index (Phi) is 3.19. The van der Waals surface area contributed by atoms with Gasteiger partial charge in [-0.1, -0.05) is 20.3 Å². The molecule has 70 valence electrons. The fourth-order valence-corrected chi connectivity index (χ4v) is 1.85. The van der Waals surface area contributed by atoms with Gasteiger partial charge in [-0.3, -0.25) is 0 Å². The maximum absolute atomic E-state index is 5.66. The van der Waals surface area contributed by atoms with Crippen LogP contribution >= 0.6 is 0 Å². The number of hydrogen-bond donors (Lipinski definition) is 0. The molecule has 1 aliphatic heterocycles. The van der Waals surface area contributed by atoms with Crippen molar-refractivity contribution in [3.8, 4) is 0 Å². The van der Waals surface area contributed by atoms with Gasteiger partial charge in [-0.2, -0.15) is 0 Å². The second-order valence-corrected chi connectivity index (χ2v) is 4.18. The van der Waals surface area contributed by atoms with E-state index >= 15 is 0 Å².